The monoisotopic (exact) mass is 390 g/mol. The predicted octanol–water partition coefficient (Wildman–Crippen LogP) is 4.24. The van der Waals surface area contributed by atoms with Gasteiger partial charge in [0.15, 0.2) is 18.1 Å². The fourth-order valence-corrected chi connectivity index (χ4v) is 3.25. The van der Waals surface area contributed by atoms with Crippen LogP contribution in [0.3, 0.4) is 0 Å². The standard InChI is InChI=1S/C23H22N2O4/c1-15-11-20(16(2)25(15)18-6-8-19(27-3)9-7-18)21(26)14-29-22-10-5-17(13-24)12-23(22)28-4/h5-12H,14H2,1-4H3. The number of ether oxygens (including phenoxy) is 3. The van der Waals surface area contributed by atoms with E-state index in [0.29, 0.717) is 22.6 Å². The summed E-state index contributed by atoms with van der Waals surface area (Å²) in [5.74, 6) is 1.48. The van der Waals surface area contributed by atoms with Gasteiger partial charge < -0.3 is 18.8 Å². The third-order valence-corrected chi connectivity index (χ3v) is 4.71. The first kappa shape index (κ1) is 20.0. The van der Waals surface area contributed by atoms with E-state index in [0.717, 1.165) is 22.8 Å². The lowest BCUT2D eigenvalue weighted by Gasteiger charge is -2.12. The van der Waals surface area contributed by atoms with E-state index in [2.05, 4.69) is 0 Å². The van der Waals surface area contributed by atoms with Crippen LogP contribution in [0.4, 0.5) is 0 Å². The molecule has 2 aromatic carbocycles. The SMILES string of the molecule is COc1ccc(-n2c(C)cc(C(=O)COc3ccc(C#N)cc3OC)c2C)cc1. The molecule has 0 saturated heterocycles. The first-order chi connectivity index (χ1) is 14.0. The Morgan fingerprint density at radius 3 is 2.34 bits per heavy atom. The lowest BCUT2D eigenvalue weighted by Crippen LogP contribution is -2.13. The summed E-state index contributed by atoms with van der Waals surface area (Å²) in [6.07, 6.45) is 0. The van der Waals surface area contributed by atoms with Gasteiger partial charge in [-0.1, -0.05) is 0 Å². The quantitative estimate of drug-likeness (QED) is 0.564. The summed E-state index contributed by atoms with van der Waals surface area (Å²) in [6.45, 7) is 3.74. The number of benzene rings is 2. The van der Waals surface area contributed by atoms with Crippen LogP contribution in [-0.2, 0) is 0 Å². The fourth-order valence-electron chi connectivity index (χ4n) is 3.25. The van der Waals surface area contributed by atoms with Gasteiger partial charge in [-0.2, -0.15) is 5.26 Å². The molecule has 0 aliphatic rings. The van der Waals surface area contributed by atoms with Crippen molar-refractivity contribution in [2.24, 2.45) is 0 Å². The smallest absolute Gasteiger partial charge is 0.202 e. The van der Waals surface area contributed by atoms with Gasteiger partial charge in [-0.05, 0) is 56.3 Å². The van der Waals surface area contributed by atoms with Gasteiger partial charge >= 0.3 is 0 Å². The van der Waals surface area contributed by atoms with Gasteiger partial charge in [0.25, 0.3) is 0 Å². The molecule has 0 unspecified atom stereocenters. The molecule has 6 heteroatoms. The molecule has 0 aliphatic heterocycles. The number of aromatic nitrogens is 1. The molecule has 1 aromatic heterocycles. The highest BCUT2D eigenvalue weighted by Gasteiger charge is 2.18. The lowest BCUT2D eigenvalue weighted by atomic mass is 10.1. The van der Waals surface area contributed by atoms with E-state index >= 15 is 0 Å². The van der Waals surface area contributed by atoms with Crippen LogP contribution < -0.4 is 14.2 Å². The van der Waals surface area contributed by atoms with E-state index in [1.165, 1.54) is 7.11 Å². The molecule has 0 saturated carbocycles. The molecule has 0 radical (unpaired) electrons. The number of nitrogens with zero attached hydrogens (tertiary/aromatic N) is 2. The largest absolute Gasteiger partial charge is 0.497 e. The van der Waals surface area contributed by atoms with Crippen molar-refractivity contribution in [3.63, 3.8) is 0 Å². The zero-order valence-corrected chi connectivity index (χ0v) is 16.9. The van der Waals surface area contributed by atoms with E-state index in [-0.39, 0.29) is 12.4 Å². The normalized spacial score (nSPS) is 10.3. The molecular weight excluding hydrogens is 368 g/mol. The number of carbonyl (C=O) groups excluding carboxylic acids is 1. The second-order valence-electron chi connectivity index (χ2n) is 6.51. The summed E-state index contributed by atoms with van der Waals surface area (Å²) in [5, 5.41) is 8.99. The Morgan fingerprint density at radius 1 is 1.00 bits per heavy atom. The van der Waals surface area contributed by atoms with Crippen LogP contribution in [-0.4, -0.2) is 31.2 Å². The lowest BCUT2D eigenvalue weighted by molar-refractivity contribution is 0.0919. The number of hydrogen-bond donors (Lipinski definition) is 0. The van der Waals surface area contributed by atoms with Crippen molar-refractivity contribution in [1.82, 2.24) is 4.57 Å². The minimum Gasteiger partial charge on any atom is -0.497 e. The van der Waals surface area contributed by atoms with Crippen LogP contribution in [0, 0.1) is 25.2 Å². The van der Waals surface area contributed by atoms with Crippen LogP contribution in [0.2, 0.25) is 0 Å². The van der Waals surface area contributed by atoms with Gasteiger partial charge in [-0.15, -0.1) is 0 Å². The maximum absolute atomic E-state index is 12.8. The number of nitriles is 1. The fraction of sp³-hybridized carbons (Fsp3) is 0.217. The Labute approximate surface area is 169 Å². The van der Waals surface area contributed by atoms with E-state index in [9.17, 15) is 4.79 Å². The van der Waals surface area contributed by atoms with Gasteiger partial charge in [0.1, 0.15) is 5.75 Å². The van der Waals surface area contributed by atoms with Crippen LogP contribution in [0.15, 0.2) is 48.5 Å². The molecule has 0 spiro atoms. The highest BCUT2D eigenvalue weighted by atomic mass is 16.5. The van der Waals surface area contributed by atoms with Gasteiger partial charge in [0.2, 0.25) is 5.78 Å². The summed E-state index contributed by atoms with van der Waals surface area (Å²) in [5.41, 5.74) is 3.81. The average molecular weight is 390 g/mol. The van der Waals surface area contributed by atoms with Crippen molar-refractivity contribution in [1.29, 1.82) is 5.26 Å². The first-order valence-electron chi connectivity index (χ1n) is 9.06. The Bertz CT molecular complexity index is 1080. The maximum Gasteiger partial charge on any atom is 0.202 e. The first-order valence-corrected chi connectivity index (χ1v) is 9.06. The molecule has 3 rings (SSSR count). The second kappa shape index (κ2) is 8.53. The van der Waals surface area contributed by atoms with Gasteiger partial charge in [-0.25, -0.2) is 0 Å². The Balaban J connectivity index is 1.81. The summed E-state index contributed by atoms with van der Waals surface area (Å²) in [7, 11) is 3.12. The summed E-state index contributed by atoms with van der Waals surface area (Å²) < 4.78 is 18.2. The van der Waals surface area contributed by atoms with Crippen LogP contribution in [0.5, 0.6) is 17.2 Å². The van der Waals surface area contributed by atoms with E-state index < -0.39 is 0 Å². The van der Waals surface area contributed by atoms with Crippen LogP contribution in [0.25, 0.3) is 5.69 Å². The van der Waals surface area contributed by atoms with Gasteiger partial charge in [0.05, 0.1) is 25.9 Å². The zero-order chi connectivity index (χ0) is 21.0. The number of rotatable bonds is 7. The molecule has 0 atom stereocenters. The number of ketones is 1. The molecule has 0 N–H and O–H groups in total. The predicted molar refractivity (Wildman–Crippen MR) is 109 cm³/mol. The van der Waals surface area contributed by atoms with Crippen LogP contribution in [0.1, 0.15) is 27.3 Å². The Hall–Kier alpha value is -3.72. The molecule has 0 aliphatic carbocycles. The molecule has 148 valence electrons. The summed E-state index contributed by atoms with van der Waals surface area (Å²) >= 11 is 0. The number of hydrogen-bond acceptors (Lipinski definition) is 5. The van der Waals surface area contributed by atoms with Gasteiger partial charge in [-0.3, -0.25) is 4.79 Å². The van der Waals surface area contributed by atoms with E-state index in [4.69, 9.17) is 19.5 Å². The third kappa shape index (κ3) is 4.09. The van der Waals surface area contributed by atoms with Crippen molar-refractivity contribution < 1.29 is 19.0 Å². The van der Waals surface area contributed by atoms with Crippen LogP contribution >= 0.6 is 0 Å². The molecule has 1 heterocycles. The highest BCUT2D eigenvalue weighted by Crippen LogP contribution is 2.28. The molecule has 0 amide bonds. The molecule has 0 bridgehead atoms. The van der Waals surface area contributed by atoms with Crippen molar-refractivity contribution in [3.05, 3.63) is 71.0 Å². The van der Waals surface area contributed by atoms with Gasteiger partial charge in [0, 0.05) is 28.7 Å². The maximum atomic E-state index is 12.8. The molecule has 0 fully saturated rings. The minimum absolute atomic E-state index is 0.130. The summed E-state index contributed by atoms with van der Waals surface area (Å²) in [6, 6.07) is 16.4. The number of methoxy groups -OCH3 is 2. The number of Topliss-reactive ketones (excluding diaryl/α,β-unsaturated/α-hetero) is 1. The van der Waals surface area contributed by atoms with Crippen molar-refractivity contribution in [3.8, 4) is 29.0 Å². The average Bonchev–Trinajstić information content (AvgIpc) is 3.05. The van der Waals surface area contributed by atoms with Crippen molar-refractivity contribution in [2.45, 2.75) is 13.8 Å². The van der Waals surface area contributed by atoms with Crippen molar-refractivity contribution >= 4 is 5.78 Å². The second-order valence-corrected chi connectivity index (χ2v) is 6.51. The molecule has 29 heavy (non-hydrogen) atoms. The summed E-state index contributed by atoms with van der Waals surface area (Å²) in [4.78, 5) is 12.8. The Morgan fingerprint density at radius 2 is 1.72 bits per heavy atom. The van der Waals surface area contributed by atoms with E-state index in [1.54, 1.807) is 25.3 Å². The highest BCUT2D eigenvalue weighted by molar-refractivity contribution is 5.98. The molecule has 3 aromatic rings. The van der Waals surface area contributed by atoms with E-state index in [1.807, 2.05) is 54.8 Å². The zero-order valence-electron chi connectivity index (χ0n) is 16.9. The Kier molecular flexibility index (Phi) is 5.89. The molecule has 6 nitrogen and oxygen atoms in total. The minimum atomic E-state index is -0.135. The number of aryl methyl sites for hydroxylation is 1. The topological polar surface area (TPSA) is 73.5 Å². The third-order valence-electron chi connectivity index (χ3n) is 4.71. The van der Waals surface area contributed by atoms with Crippen molar-refractivity contribution in [2.75, 3.05) is 20.8 Å². The molecular formula is C23H22N2O4. The number of carbonyl (C=O) groups is 1.